The van der Waals surface area contributed by atoms with Crippen LogP contribution in [0.15, 0.2) is 53.4 Å². The van der Waals surface area contributed by atoms with Crippen molar-refractivity contribution in [1.29, 1.82) is 0 Å². The molecule has 1 aliphatic rings. The lowest BCUT2D eigenvalue weighted by atomic mass is 10.2. The van der Waals surface area contributed by atoms with Crippen LogP contribution in [-0.4, -0.2) is 69.7 Å². The number of halogens is 1. The van der Waals surface area contributed by atoms with Crippen LogP contribution in [0.25, 0.3) is 0 Å². The predicted molar refractivity (Wildman–Crippen MR) is 111 cm³/mol. The molecule has 0 saturated carbocycles. The highest BCUT2D eigenvalue weighted by atomic mass is 32.2. The zero-order chi connectivity index (χ0) is 21.9. The predicted octanol–water partition coefficient (Wildman–Crippen LogP) is 1.06. The van der Waals surface area contributed by atoms with Gasteiger partial charge < -0.3 is 5.11 Å². The third kappa shape index (κ3) is 5.99. The standard InChI is InChI=1S/C19H24FN3O5S2/c1-29(25,26)21-17-6-8-19(9-7-17)30(27,28)23-11-10-22(13-18(24)14-23)12-15-2-4-16(20)5-3-15/h2-9,18,21,24H,10-14H2,1H3. The lowest BCUT2D eigenvalue weighted by molar-refractivity contribution is 0.120. The minimum atomic E-state index is -3.86. The average molecular weight is 458 g/mol. The SMILES string of the molecule is CS(=O)(=O)Nc1ccc(S(=O)(=O)N2CCN(Cc3ccc(F)cc3)CC(O)C2)cc1. The molecule has 3 rings (SSSR count). The number of β-amino-alcohol motifs (C(OH)–C–C–N with tert-alkyl or cyclic N) is 1. The summed E-state index contributed by atoms with van der Waals surface area (Å²) in [6.45, 7) is 1.30. The molecule has 2 aromatic rings. The molecule has 1 atom stereocenters. The molecule has 0 amide bonds. The summed E-state index contributed by atoms with van der Waals surface area (Å²) in [5.41, 5.74) is 1.13. The van der Waals surface area contributed by atoms with Gasteiger partial charge in [-0.1, -0.05) is 12.1 Å². The van der Waals surface area contributed by atoms with Crippen molar-refractivity contribution in [1.82, 2.24) is 9.21 Å². The molecule has 1 heterocycles. The van der Waals surface area contributed by atoms with E-state index in [4.69, 9.17) is 0 Å². The second-order valence-corrected chi connectivity index (χ2v) is 11.0. The molecular weight excluding hydrogens is 433 g/mol. The van der Waals surface area contributed by atoms with Gasteiger partial charge in [-0.05, 0) is 42.0 Å². The number of hydrogen-bond donors (Lipinski definition) is 2. The van der Waals surface area contributed by atoms with E-state index in [1.165, 1.54) is 40.7 Å². The van der Waals surface area contributed by atoms with Crippen molar-refractivity contribution < 1.29 is 26.3 Å². The number of aliphatic hydroxyl groups is 1. The van der Waals surface area contributed by atoms with E-state index in [0.29, 0.717) is 19.6 Å². The largest absolute Gasteiger partial charge is 0.390 e. The van der Waals surface area contributed by atoms with Gasteiger partial charge >= 0.3 is 0 Å². The van der Waals surface area contributed by atoms with Crippen LogP contribution in [0.4, 0.5) is 10.1 Å². The number of hydrogen-bond acceptors (Lipinski definition) is 6. The molecule has 0 radical (unpaired) electrons. The zero-order valence-corrected chi connectivity index (χ0v) is 18.0. The zero-order valence-electron chi connectivity index (χ0n) is 16.4. The minimum absolute atomic E-state index is 0.0146. The Bertz CT molecular complexity index is 1070. The van der Waals surface area contributed by atoms with Crippen LogP contribution >= 0.6 is 0 Å². The average Bonchev–Trinajstić information content (AvgIpc) is 2.84. The lowest BCUT2D eigenvalue weighted by Crippen LogP contribution is -2.37. The first kappa shape index (κ1) is 22.6. The van der Waals surface area contributed by atoms with E-state index < -0.39 is 26.2 Å². The van der Waals surface area contributed by atoms with E-state index >= 15 is 0 Å². The van der Waals surface area contributed by atoms with Crippen molar-refractivity contribution in [3.63, 3.8) is 0 Å². The maximum absolute atomic E-state index is 13.1. The third-order valence-corrected chi connectivity index (χ3v) is 7.15. The van der Waals surface area contributed by atoms with Crippen molar-refractivity contribution in [2.75, 3.05) is 37.2 Å². The van der Waals surface area contributed by atoms with Crippen LogP contribution in [0.3, 0.4) is 0 Å². The second-order valence-electron chi connectivity index (χ2n) is 7.28. The van der Waals surface area contributed by atoms with E-state index in [9.17, 15) is 26.3 Å². The van der Waals surface area contributed by atoms with Crippen molar-refractivity contribution >= 4 is 25.7 Å². The number of aliphatic hydroxyl groups excluding tert-OH is 1. The molecule has 0 spiro atoms. The molecule has 0 bridgehead atoms. The maximum atomic E-state index is 13.1. The number of benzene rings is 2. The Labute approximate surface area is 176 Å². The molecule has 1 aliphatic heterocycles. The topological polar surface area (TPSA) is 107 Å². The molecule has 1 saturated heterocycles. The van der Waals surface area contributed by atoms with E-state index in [1.807, 2.05) is 4.90 Å². The Morgan fingerprint density at radius 3 is 2.23 bits per heavy atom. The van der Waals surface area contributed by atoms with Gasteiger partial charge in [0.15, 0.2) is 0 Å². The van der Waals surface area contributed by atoms with Crippen molar-refractivity contribution in [2.45, 2.75) is 17.5 Å². The molecule has 30 heavy (non-hydrogen) atoms. The van der Waals surface area contributed by atoms with E-state index in [-0.39, 0.29) is 29.5 Å². The van der Waals surface area contributed by atoms with E-state index in [0.717, 1.165) is 11.8 Å². The summed E-state index contributed by atoms with van der Waals surface area (Å²) in [6.07, 6.45) is 0.127. The molecule has 2 N–H and O–H groups in total. The van der Waals surface area contributed by atoms with Crippen molar-refractivity contribution in [3.8, 4) is 0 Å². The Morgan fingerprint density at radius 2 is 1.63 bits per heavy atom. The normalized spacial score (nSPS) is 19.4. The number of anilines is 1. The maximum Gasteiger partial charge on any atom is 0.243 e. The highest BCUT2D eigenvalue weighted by Gasteiger charge is 2.30. The molecular formula is C19H24FN3O5S2. The van der Waals surface area contributed by atoms with Crippen LogP contribution < -0.4 is 4.72 Å². The van der Waals surface area contributed by atoms with Gasteiger partial charge in [0, 0.05) is 38.4 Å². The Balaban J connectivity index is 1.71. The third-order valence-electron chi connectivity index (χ3n) is 4.66. The summed E-state index contributed by atoms with van der Waals surface area (Å²) in [5.74, 6) is -0.329. The smallest absolute Gasteiger partial charge is 0.243 e. The first-order valence-corrected chi connectivity index (χ1v) is 12.6. The van der Waals surface area contributed by atoms with E-state index in [1.54, 1.807) is 12.1 Å². The second kappa shape index (κ2) is 8.98. The van der Waals surface area contributed by atoms with Crippen molar-refractivity contribution in [3.05, 3.63) is 59.9 Å². The fourth-order valence-corrected chi connectivity index (χ4v) is 5.33. The van der Waals surface area contributed by atoms with Crippen LogP contribution in [0, 0.1) is 5.82 Å². The van der Waals surface area contributed by atoms with Crippen LogP contribution in [0.2, 0.25) is 0 Å². The van der Waals surface area contributed by atoms with Gasteiger partial charge in [-0.15, -0.1) is 0 Å². The first-order valence-electron chi connectivity index (χ1n) is 9.26. The first-order chi connectivity index (χ1) is 14.0. The highest BCUT2D eigenvalue weighted by Crippen LogP contribution is 2.21. The molecule has 8 nitrogen and oxygen atoms in total. The quantitative estimate of drug-likeness (QED) is 0.672. The van der Waals surface area contributed by atoms with Crippen LogP contribution in [-0.2, 0) is 26.6 Å². The molecule has 0 aromatic heterocycles. The lowest BCUT2D eigenvalue weighted by Gasteiger charge is -2.21. The Hall–Kier alpha value is -2.05. The summed E-state index contributed by atoms with van der Waals surface area (Å²) in [7, 11) is -7.32. The fourth-order valence-electron chi connectivity index (χ4n) is 3.29. The van der Waals surface area contributed by atoms with Gasteiger partial charge in [0.2, 0.25) is 20.0 Å². The minimum Gasteiger partial charge on any atom is -0.390 e. The summed E-state index contributed by atoms with van der Waals surface area (Å²) in [5, 5.41) is 10.3. The number of sulfonamides is 2. The number of nitrogens with one attached hydrogen (secondary N) is 1. The van der Waals surface area contributed by atoms with Gasteiger partial charge in [0.05, 0.1) is 17.3 Å². The molecule has 2 aromatic carbocycles. The summed E-state index contributed by atoms with van der Waals surface area (Å²) < 4.78 is 65.2. The summed E-state index contributed by atoms with van der Waals surface area (Å²) in [6, 6.07) is 11.5. The summed E-state index contributed by atoms with van der Waals surface area (Å²) in [4.78, 5) is 1.94. The van der Waals surface area contributed by atoms with Crippen LogP contribution in [0.5, 0.6) is 0 Å². The number of nitrogens with zero attached hydrogens (tertiary/aromatic N) is 2. The molecule has 11 heteroatoms. The number of rotatable bonds is 6. The highest BCUT2D eigenvalue weighted by molar-refractivity contribution is 7.92. The summed E-state index contributed by atoms with van der Waals surface area (Å²) >= 11 is 0. The van der Waals surface area contributed by atoms with Gasteiger partial charge in [-0.3, -0.25) is 9.62 Å². The Morgan fingerprint density at radius 1 is 1.00 bits per heavy atom. The Kier molecular flexibility index (Phi) is 6.78. The van der Waals surface area contributed by atoms with Gasteiger partial charge in [-0.2, -0.15) is 4.31 Å². The van der Waals surface area contributed by atoms with Crippen molar-refractivity contribution in [2.24, 2.45) is 0 Å². The molecule has 1 fully saturated rings. The van der Waals surface area contributed by atoms with E-state index in [2.05, 4.69) is 4.72 Å². The van der Waals surface area contributed by atoms with Gasteiger partial charge in [0.1, 0.15) is 5.82 Å². The fraction of sp³-hybridized carbons (Fsp3) is 0.368. The molecule has 164 valence electrons. The molecule has 1 unspecified atom stereocenters. The van der Waals surface area contributed by atoms with Gasteiger partial charge in [-0.25, -0.2) is 21.2 Å². The molecule has 0 aliphatic carbocycles. The van der Waals surface area contributed by atoms with Crippen LogP contribution in [0.1, 0.15) is 5.56 Å². The van der Waals surface area contributed by atoms with Gasteiger partial charge in [0.25, 0.3) is 0 Å². The monoisotopic (exact) mass is 457 g/mol.